The van der Waals surface area contributed by atoms with Crippen molar-refractivity contribution in [1.82, 2.24) is 9.80 Å². The summed E-state index contributed by atoms with van der Waals surface area (Å²) in [6, 6.07) is 7.11. The molecule has 0 radical (unpaired) electrons. The van der Waals surface area contributed by atoms with Gasteiger partial charge in [0.1, 0.15) is 6.54 Å². The maximum Gasteiger partial charge on any atom is 0.303 e. The Morgan fingerprint density at radius 2 is 1.91 bits per heavy atom. The van der Waals surface area contributed by atoms with Crippen molar-refractivity contribution in [2.75, 3.05) is 20.1 Å². The van der Waals surface area contributed by atoms with Crippen LogP contribution in [0.1, 0.15) is 28.8 Å². The van der Waals surface area contributed by atoms with E-state index in [2.05, 4.69) is 6.58 Å². The predicted octanol–water partition coefficient (Wildman–Crippen LogP) is 1.44. The van der Waals surface area contributed by atoms with Gasteiger partial charge in [-0.2, -0.15) is 0 Å². The first-order valence-electron chi connectivity index (χ1n) is 6.97. The number of nitrogens with zero attached hydrogens (tertiary/aromatic N) is 2. The summed E-state index contributed by atoms with van der Waals surface area (Å²) in [4.78, 5) is 37.7. The Morgan fingerprint density at radius 1 is 1.27 bits per heavy atom. The number of carbonyl (C=O) groups is 3. The molecule has 22 heavy (non-hydrogen) atoms. The molecule has 0 saturated carbocycles. The summed E-state index contributed by atoms with van der Waals surface area (Å²) in [7, 11) is 1.60. The Balaban J connectivity index is 1.97. The Labute approximate surface area is 128 Å². The number of carbonyl (C=O) groups excluding carboxylic acids is 2. The number of aliphatic carboxylic acids is 1. The third-order valence-corrected chi connectivity index (χ3v) is 3.64. The number of amides is 2. The second kappa shape index (κ2) is 6.43. The van der Waals surface area contributed by atoms with Crippen LogP contribution in [0.25, 0.3) is 5.70 Å². The fraction of sp³-hybridized carbons (Fsp3) is 0.312. The highest BCUT2D eigenvalue weighted by Crippen LogP contribution is 2.30. The molecule has 0 fully saturated rings. The van der Waals surface area contributed by atoms with Crippen LogP contribution in [0.4, 0.5) is 0 Å². The van der Waals surface area contributed by atoms with Crippen LogP contribution >= 0.6 is 0 Å². The van der Waals surface area contributed by atoms with Gasteiger partial charge < -0.3 is 10.0 Å². The minimum Gasteiger partial charge on any atom is -0.481 e. The molecule has 1 aliphatic rings. The van der Waals surface area contributed by atoms with Gasteiger partial charge in [-0.15, -0.1) is 0 Å². The highest BCUT2D eigenvalue weighted by atomic mass is 16.4. The molecular weight excluding hydrogens is 284 g/mol. The van der Waals surface area contributed by atoms with Gasteiger partial charge in [-0.3, -0.25) is 19.3 Å². The molecule has 0 saturated heterocycles. The maximum absolute atomic E-state index is 12.3. The zero-order chi connectivity index (χ0) is 16.3. The van der Waals surface area contributed by atoms with Crippen molar-refractivity contribution in [1.29, 1.82) is 0 Å². The maximum atomic E-state index is 12.3. The second-order valence-corrected chi connectivity index (χ2v) is 5.20. The second-order valence-electron chi connectivity index (χ2n) is 5.20. The summed E-state index contributed by atoms with van der Waals surface area (Å²) in [5.41, 5.74) is 1.82. The van der Waals surface area contributed by atoms with Crippen LogP contribution in [0.3, 0.4) is 0 Å². The molecule has 116 valence electrons. The highest BCUT2D eigenvalue weighted by Gasteiger charge is 2.32. The molecule has 0 unspecified atom stereocenters. The molecule has 2 rings (SSSR count). The minimum atomic E-state index is -0.889. The molecule has 0 bridgehead atoms. The van der Waals surface area contributed by atoms with Crippen LogP contribution in [0, 0.1) is 0 Å². The van der Waals surface area contributed by atoms with Crippen LogP contribution in [0.2, 0.25) is 0 Å². The van der Waals surface area contributed by atoms with Crippen molar-refractivity contribution < 1.29 is 19.5 Å². The Bertz CT molecular complexity index is 604. The largest absolute Gasteiger partial charge is 0.481 e. The predicted molar refractivity (Wildman–Crippen MR) is 81.0 cm³/mol. The van der Waals surface area contributed by atoms with Crippen molar-refractivity contribution in [3.8, 4) is 0 Å². The quantitative estimate of drug-likeness (QED) is 0.862. The topological polar surface area (TPSA) is 77.9 Å². The molecule has 6 heteroatoms. The Hall–Kier alpha value is -2.63. The summed E-state index contributed by atoms with van der Waals surface area (Å²) in [6.07, 6.45) is 0.394. The molecule has 0 atom stereocenters. The number of rotatable bonds is 6. The number of fused-ring (bicyclic) bond motifs is 1. The van der Waals surface area contributed by atoms with Crippen LogP contribution in [0.5, 0.6) is 0 Å². The molecule has 0 aromatic heterocycles. The lowest BCUT2D eigenvalue weighted by molar-refractivity contribution is -0.138. The van der Waals surface area contributed by atoms with E-state index in [1.165, 1.54) is 9.80 Å². The molecule has 0 aliphatic carbocycles. The lowest BCUT2D eigenvalue weighted by Gasteiger charge is -2.22. The molecule has 1 N–H and O–H groups in total. The smallest absolute Gasteiger partial charge is 0.303 e. The Morgan fingerprint density at radius 3 is 2.50 bits per heavy atom. The lowest BCUT2D eigenvalue weighted by atomic mass is 10.1. The first-order chi connectivity index (χ1) is 10.4. The van der Waals surface area contributed by atoms with Crippen LogP contribution in [-0.4, -0.2) is 52.8 Å². The third-order valence-electron chi connectivity index (χ3n) is 3.64. The number of benzene rings is 1. The van der Waals surface area contributed by atoms with Crippen LogP contribution < -0.4 is 0 Å². The fourth-order valence-electron chi connectivity index (χ4n) is 2.35. The SMILES string of the molecule is C=C1c2ccccc2C(=O)N1CC(=O)N(C)CCCC(=O)O. The normalized spacial score (nSPS) is 13.2. The zero-order valence-electron chi connectivity index (χ0n) is 12.4. The van der Waals surface area contributed by atoms with E-state index in [1.54, 1.807) is 25.2 Å². The summed E-state index contributed by atoms with van der Waals surface area (Å²) >= 11 is 0. The van der Waals surface area contributed by atoms with Gasteiger partial charge in [-0.25, -0.2) is 0 Å². The number of hydrogen-bond acceptors (Lipinski definition) is 3. The van der Waals surface area contributed by atoms with E-state index in [0.29, 0.717) is 24.2 Å². The first kappa shape index (κ1) is 15.8. The van der Waals surface area contributed by atoms with Gasteiger partial charge in [0.25, 0.3) is 5.91 Å². The lowest BCUT2D eigenvalue weighted by Crippen LogP contribution is -2.38. The summed E-state index contributed by atoms with van der Waals surface area (Å²) < 4.78 is 0. The van der Waals surface area contributed by atoms with Crippen molar-refractivity contribution in [3.63, 3.8) is 0 Å². The van der Waals surface area contributed by atoms with Crippen molar-refractivity contribution in [2.24, 2.45) is 0 Å². The molecule has 1 aromatic rings. The van der Waals surface area contributed by atoms with E-state index in [9.17, 15) is 14.4 Å². The van der Waals surface area contributed by atoms with Crippen LogP contribution in [-0.2, 0) is 9.59 Å². The van der Waals surface area contributed by atoms with Gasteiger partial charge in [-0.1, -0.05) is 24.8 Å². The minimum absolute atomic E-state index is 0.0123. The van der Waals surface area contributed by atoms with Gasteiger partial charge in [0.15, 0.2) is 0 Å². The average Bonchev–Trinajstić information content (AvgIpc) is 2.72. The van der Waals surface area contributed by atoms with Crippen LogP contribution in [0.15, 0.2) is 30.8 Å². The number of carboxylic acids is 1. The number of hydrogen-bond donors (Lipinski definition) is 1. The molecule has 1 aromatic carbocycles. The van der Waals surface area contributed by atoms with E-state index in [-0.39, 0.29) is 24.8 Å². The van der Waals surface area contributed by atoms with Crippen molar-refractivity contribution in [3.05, 3.63) is 42.0 Å². The molecule has 1 heterocycles. The van der Waals surface area contributed by atoms with E-state index in [4.69, 9.17) is 5.11 Å². The fourth-order valence-corrected chi connectivity index (χ4v) is 2.35. The average molecular weight is 302 g/mol. The molecular formula is C16H18N2O4. The summed E-state index contributed by atoms with van der Waals surface area (Å²) in [5.74, 6) is -1.36. The summed E-state index contributed by atoms with van der Waals surface area (Å²) in [6.45, 7) is 4.13. The molecule has 0 spiro atoms. The van der Waals surface area contributed by atoms with E-state index in [0.717, 1.165) is 5.56 Å². The Kier molecular flexibility index (Phi) is 4.60. The van der Waals surface area contributed by atoms with Gasteiger partial charge in [-0.05, 0) is 12.5 Å². The number of carboxylic acid groups (broad SMARTS) is 1. The van der Waals surface area contributed by atoms with Crippen molar-refractivity contribution >= 4 is 23.5 Å². The van der Waals surface area contributed by atoms with Gasteiger partial charge >= 0.3 is 5.97 Å². The monoisotopic (exact) mass is 302 g/mol. The van der Waals surface area contributed by atoms with E-state index in [1.807, 2.05) is 6.07 Å². The van der Waals surface area contributed by atoms with Gasteiger partial charge in [0.05, 0.1) is 0 Å². The first-order valence-corrected chi connectivity index (χ1v) is 6.97. The third kappa shape index (κ3) is 3.16. The molecule has 2 amide bonds. The van der Waals surface area contributed by atoms with Gasteiger partial charge in [0.2, 0.25) is 5.91 Å². The van der Waals surface area contributed by atoms with Gasteiger partial charge in [0, 0.05) is 36.8 Å². The van der Waals surface area contributed by atoms with Crippen molar-refractivity contribution in [2.45, 2.75) is 12.8 Å². The molecule has 1 aliphatic heterocycles. The van der Waals surface area contributed by atoms with E-state index < -0.39 is 5.97 Å². The molecule has 6 nitrogen and oxygen atoms in total. The number of likely N-dealkylation sites (N-methyl/N-ethyl adjacent to an activating group) is 1. The van der Waals surface area contributed by atoms with E-state index >= 15 is 0 Å². The highest BCUT2D eigenvalue weighted by molar-refractivity contribution is 6.10. The standard InChI is InChI=1S/C16H18N2O4/c1-11-12-6-3-4-7-13(12)16(22)18(11)10-14(19)17(2)9-5-8-15(20)21/h3-4,6-7H,1,5,8-10H2,2H3,(H,20,21). The summed E-state index contributed by atoms with van der Waals surface area (Å²) in [5, 5.41) is 8.60. The zero-order valence-corrected chi connectivity index (χ0v) is 12.4.